The van der Waals surface area contributed by atoms with Gasteiger partial charge in [0.05, 0.1) is 22.4 Å². The van der Waals surface area contributed by atoms with E-state index in [1.54, 1.807) is 43.3 Å². The fraction of sp³-hybridized carbons (Fsp3) is 0.0526. The summed E-state index contributed by atoms with van der Waals surface area (Å²) in [5.41, 5.74) is 1.18. The van der Waals surface area contributed by atoms with E-state index in [1.165, 1.54) is 24.5 Å². The lowest BCUT2D eigenvalue weighted by Gasteiger charge is -2.11. The van der Waals surface area contributed by atoms with Crippen LogP contribution in [0, 0.1) is 17.0 Å². The molecule has 2 aromatic carbocycles. The van der Waals surface area contributed by atoms with Crippen LogP contribution >= 0.6 is 0 Å². The van der Waals surface area contributed by atoms with Crippen LogP contribution in [0.3, 0.4) is 0 Å². The predicted molar refractivity (Wildman–Crippen MR) is 98.9 cm³/mol. The zero-order valence-electron chi connectivity index (χ0n) is 14.3. The quantitative estimate of drug-likeness (QED) is 0.524. The predicted octanol–water partition coefficient (Wildman–Crippen LogP) is 4.00. The summed E-state index contributed by atoms with van der Waals surface area (Å²) < 4.78 is 5.03. The molecule has 0 aliphatic heterocycles. The molecule has 0 fully saturated rings. The number of carbonyl (C=O) groups is 2. The third kappa shape index (κ3) is 4.01. The number of aryl methyl sites for hydroxylation is 1. The van der Waals surface area contributed by atoms with Gasteiger partial charge >= 0.3 is 0 Å². The van der Waals surface area contributed by atoms with Gasteiger partial charge in [-0.15, -0.1) is 0 Å². The zero-order valence-corrected chi connectivity index (χ0v) is 14.3. The lowest BCUT2D eigenvalue weighted by atomic mass is 10.1. The van der Waals surface area contributed by atoms with Gasteiger partial charge in [-0.3, -0.25) is 19.7 Å². The van der Waals surface area contributed by atoms with Gasteiger partial charge in [0.15, 0.2) is 5.76 Å². The summed E-state index contributed by atoms with van der Waals surface area (Å²) >= 11 is 0. The first kappa shape index (κ1) is 17.9. The number of nitro groups is 1. The molecule has 0 unspecified atom stereocenters. The van der Waals surface area contributed by atoms with Crippen LogP contribution in [0.4, 0.5) is 17.1 Å². The van der Waals surface area contributed by atoms with Crippen molar-refractivity contribution in [3.05, 3.63) is 87.9 Å². The number of nitro benzene ring substituents is 1. The van der Waals surface area contributed by atoms with Crippen molar-refractivity contribution in [2.75, 3.05) is 10.6 Å². The Hall–Kier alpha value is -3.94. The van der Waals surface area contributed by atoms with E-state index in [9.17, 15) is 19.7 Å². The number of anilines is 2. The van der Waals surface area contributed by atoms with Crippen molar-refractivity contribution < 1.29 is 18.9 Å². The normalized spacial score (nSPS) is 10.3. The highest BCUT2D eigenvalue weighted by molar-refractivity contribution is 6.12. The number of hydrogen-bond donors (Lipinski definition) is 2. The molecule has 3 rings (SSSR count). The fourth-order valence-corrected chi connectivity index (χ4v) is 2.46. The molecular formula is C19H15N3O5. The van der Waals surface area contributed by atoms with Crippen LogP contribution in [0.1, 0.15) is 26.5 Å². The van der Waals surface area contributed by atoms with Crippen molar-refractivity contribution in [1.82, 2.24) is 0 Å². The van der Waals surface area contributed by atoms with E-state index in [0.29, 0.717) is 5.56 Å². The van der Waals surface area contributed by atoms with Crippen LogP contribution in [0.5, 0.6) is 0 Å². The fourth-order valence-electron chi connectivity index (χ4n) is 2.46. The van der Waals surface area contributed by atoms with Crippen molar-refractivity contribution in [3.63, 3.8) is 0 Å². The highest BCUT2D eigenvalue weighted by atomic mass is 16.6. The Kier molecular flexibility index (Phi) is 4.98. The van der Waals surface area contributed by atoms with Gasteiger partial charge in [0.1, 0.15) is 0 Å². The van der Waals surface area contributed by atoms with Crippen LogP contribution in [-0.4, -0.2) is 16.7 Å². The first-order valence-corrected chi connectivity index (χ1v) is 7.96. The molecule has 2 N–H and O–H groups in total. The number of nitrogens with zero attached hydrogens (tertiary/aromatic N) is 1. The van der Waals surface area contributed by atoms with Gasteiger partial charge in [-0.25, -0.2) is 0 Å². The highest BCUT2D eigenvalue weighted by Crippen LogP contribution is 2.24. The van der Waals surface area contributed by atoms with Crippen molar-refractivity contribution >= 4 is 28.9 Å². The Morgan fingerprint density at radius 3 is 2.48 bits per heavy atom. The Balaban J connectivity index is 1.82. The average molecular weight is 365 g/mol. The Morgan fingerprint density at radius 1 is 1.00 bits per heavy atom. The van der Waals surface area contributed by atoms with Crippen LogP contribution in [0.15, 0.2) is 65.3 Å². The molecule has 0 spiro atoms. The molecule has 0 atom stereocenters. The monoisotopic (exact) mass is 365 g/mol. The first-order chi connectivity index (χ1) is 13.0. The Labute approximate surface area is 154 Å². The second-order valence-electron chi connectivity index (χ2n) is 5.69. The number of carbonyl (C=O) groups excluding carboxylic acids is 2. The maximum atomic E-state index is 12.6. The molecule has 1 aromatic heterocycles. The summed E-state index contributed by atoms with van der Waals surface area (Å²) in [4.78, 5) is 35.3. The van der Waals surface area contributed by atoms with Gasteiger partial charge < -0.3 is 15.1 Å². The molecule has 27 heavy (non-hydrogen) atoms. The highest BCUT2D eigenvalue weighted by Gasteiger charge is 2.17. The number of para-hydroxylation sites is 1. The van der Waals surface area contributed by atoms with E-state index < -0.39 is 16.7 Å². The van der Waals surface area contributed by atoms with E-state index in [1.807, 2.05) is 0 Å². The van der Waals surface area contributed by atoms with Crippen molar-refractivity contribution in [2.24, 2.45) is 0 Å². The van der Waals surface area contributed by atoms with E-state index >= 15 is 0 Å². The minimum atomic E-state index is -0.511. The topological polar surface area (TPSA) is 114 Å². The standard InChI is InChI=1S/C19H15N3O5/c1-12-8-9-13(11-16(12)22(25)26)20-18(23)14-5-2-3-6-15(14)21-19(24)17-7-4-10-27-17/h2-11H,1H3,(H,20,23)(H,21,24). The van der Waals surface area contributed by atoms with Gasteiger partial charge in [0, 0.05) is 17.3 Å². The molecule has 8 nitrogen and oxygen atoms in total. The minimum absolute atomic E-state index is 0.0905. The number of nitrogens with one attached hydrogen (secondary N) is 2. The molecule has 2 amide bonds. The third-order valence-corrected chi connectivity index (χ3v) is 3.83. The van der Waals surface area contributed by atoms with Crippen molar-refractivity contribution in [2.45, 2.75) is 6.92 Å². The molecule has 0 aliphatic carbocycles. The number of amides is 2. The lowest BCUT2D eigenvalue weighted by molar-refractivity contribution is -0.385. The molecule has 0 saturated carbocycles. The van der Waals surface area contributed by atoms with Gasteiger partial charge in [0.25, 0.3) is 17.5 Å². The number of rotatable bonds is 5. The molecule has 136 valence electrons. The summed E-state index contributed by atoms with van der Waals surface area (Å²) in [6, 6.07) is 13.9. The summed E-state index contributed by atoms with van der Waals surface area (Å²) in [6.07, 6.45) is 1.37. The van der Waals surface area contributed by atoms with E-state index in [2.05, 4.69) is 10.6 Å². The molecule has 8 heteroatoms. The van der Waals surface area contributed by atoms with Crippen molar-refractivity contribution in [1.29, 1.82) is 0 Å². The second-order valence-corrected chi connectivity index (χ2v) is 5.69. The van der Waals surface area contributed by atoms with Crippen molar-refractivity contribution in [3.8, 4) is 0 Å². The minimum Gasteiger partial charge on any atom is -0.459 e. The second kappa shape index (κ2) is 7.52. The van der Waals surface area contributed by atoms with E-state index in [-0.39, 0.29) is 28.4 Å². The molecule has 3 aromatic rings. The van der Waals surface area contributed by atoms with Crippen LogP contribution in [0.2, 0.25) is 0 Å². The van der Waals surface area contributed by atoms with Crippen LogP contribution < -0.4 is 10.6 Å². The van der Waals surface area contributed by atoms with Gasteiger partial charge in [-0.1, -0.05) is 18.2 Å². The smallest absolute Gasteiger partial charge is 0.291 e. The first-order valence-electron chi connectivity index (χ1n) is 7.96. The zero-order chi connectivity index (χ0) is 19.4. The maximum Gasteiger partial charge on any atom is 0.291 e. The van der Waals surface area contributed by atoms with E-state index in [0.717, 1.165) is 0 Å². The molecule has 1 heterocycles. The Bertz CT molecular complexity index is 1010. The van der Waals surface area contributed by atoms with Crippen LogP contribution in [-0.2, 0) is 0 Å². The summed E-state index contributed by atoms with van der Waals surface area (Å²) in [7, 11) is 0. The largest absolute Gasteiger partial charge is 0.459 e. The summed E-state index contributed by atoms with van der Waals surface area (Å²) in [6.45, 7) is 1.61. The van der Waals surface area contributed by atoms with E-state index in [4.69, 9.17) is 4.42 Å². The number of benzene rings is 2. The maximum absolute atomic E-state index is 12.6. The molecule has 0 bridgehead atoms. The molecular weight excluding hydrogens is 350 g/mol. The molecule has 0 radical (unpaired) electrons. The van der Waals surface area contributed by atoms with Crippen LogP contribution in [0.25, 0.3) is 0 Å². The number of hydrogen-bond acceptors (Lipinski definition) is 5. The Morgan fingerprint density at radius 2 is 1.78 bits per heavy atom. The number of furan rings is 1. The summed E-state index contributed by atoms with van der Waals surface area (Å²) in [5.74, 6) is -0.894. The van der Waals surface area contributed by atoms with Gasteiger partial charge in [0.2, 0.25) is 0 Å². The molecule has 0 aliphatic rings. The SMILES string of the molecule is Cc1ccc(NC(=O)c2ccccc2NC(=O)c2ccco2)cc1[N+](=O)[O-]. The third-order valence-electron chi connectivity index (χ3n) is 3.83. The molecule has 0 saturated heterocycles. The lowest BCUT2D eigenvalue weighted by Crippen LogP contribution is -2.18. The van der Waals surface area contributed by atoms with Gasteiger partial charge in [-0.2, -0.15) is 0 Å². The average Bonchev–Trinajstić information content (AvgIpc) is 3.18. The van der Waals surface area contributed by atoms with Gasteiger partial charge in [-0.05, 0) is 37.3 Å². The summed E-state index contributed by atoms with van der Waals surface area (Å²) in [5, 5.41) is 16.3.